The van der Waals surface area contributed by atoms with Gasteiger partial charge >= 0.3 is 0 Å². The molecule has 0 saturated heterocycles. The molecule has 0 bridgehead atoms. The SMILES string of the molecule is CCC(C)C(C)NS(=O)(=O)c1ccc(CNC2CC2)cc1. The van der Waals surface area contributed by atoms with Crippen LogP contribution in [0.2, 0.25) is 0 Å². The highest BCUT2D eigenvalue weighted by Crippen LogP contribution is 2.20. The van der Waals surface area contributed by atoms with E-state index in [1.54, 1.807) is 12.1 Å². The smallest absolute Gasteiger partial charge is 0.240 e. The minimum absolute atomic E-state index is 0.0591. The van der Waals surface area contributed by atoms with Crippen molar-refractivity contribution in [1.82, 2.24) is 10.0 Å². The second-order valence-electron chi connectivity index (χ2n) is 6.09. The predicted octanol–water partition coefficient (Wildman–Crippen LogP) is 2.65. The van der Waals surface area contributed by atoms with Crippen LogP contribution in [0.1, 0.15) is 45.6 Å². The van der Waals surface area contributed by atoms with Gasteiger partial charge in [-0.1, -0.05) is 32.4 Å². The number of hydrogen-bond donors (Lipinski definition) is 2. The van der Waals surface area contributed by atoms with Crippen LogP contribution in [0.4, 0.5) is 0 Å². The van der Waals surface area contributed by atoms with E-state index >= 15 is 0 Å². The molecule has 0 amide bonds. The van der Waals surface area contributed by atoms with Crippen molar-refractivity contribution in [2.75, 3.05) is 0 Å². The van der Waals surface area contributed by atoms with Crippen LogP contribution in [0.5, 0.6) is 0 Å². The molecular weight excluding hydrogens is 284 g/mol. The highest BCUT2D eigenvalue weighted by Gasteiger charge is 2.21. The van der Waals surface area contributed by atoms with E-state index in [0.717, 1.165) is 18.5 Å². The lowest BCUT2D eigenvalue weighted by atomic mass is 10.0. The normalized spacial score (nSPS) is 18.4. The average molecular weight is 310 g/mol. The number of rotatable bonds is 8. The van der Waals surface area contributed by atoms with E-state index in [0.29, 0.717) is 16.9 Å². The summed E-state index contributed by atoms with van der Waals surface area (Å²) < 4.78 is 27.4. The summed E-state index contributed by atoms with van der Waals surface area (Å²) >= 11 is 0. The van der Waals surface area contributed by atoms with Gasteiger partial charge in [0.05, 0.1) is 4.90 Å². The van der Waals surface area contributed by atoms with Crippen LogP contribution < -0.4 is 10.0 Å². The van der Waals surface area contributed by atoms with E-state index < -0.39 is 10.0 Å². The lowest BCUT2D eigenvalue weighted by Gasteiger charge is -2.19. The Labute approximate surface area is 128 Å². The zero-order valence-corrected chi connectivity index (χ0v) is 13.9. The number of benzene rings is 1. The van der Waals surface area contributed by atoms with Crippen LogP contribution in [-0.4, -0.2) is 20.5 Å². The maximum absolute atomic E-state index is 12.3. The number of sulfonamides is 1. The molecule has 2 N–H and O–H groups in total. The van der Waals surface area contributed by atoms with Gasteiger partial charge in [-0.25, -0.2) is 13.1 Å². The van der Waals surface area contributed by atoms with Crippen LogP contribution in [0.15, 0.2) is 29.2 Å². The summed E-state index contributed by atoms with van der Waals surface area (Å²) in [5.41, 5.74) is 1.12. The van der Waals surface area contributed by atoms with Gasteiger partial charge in [0.2, 0.25) is 10.0 Å². The Morgan fingerprint density at radius 2 is 1.81 bits per heavy atom. The van der Waals surface area contributed by atoms with Gasteiger partial charge in [-0.15, -0.1) is 0 Å². The highest BCUT2D eigenvalue weighted by atomic mass is 32.2. The van der Waals surface area contributed by atoms with Crippen molar-refractivity contribution in [2.24, 2.45) is 5.92 Å². The third-order valence-corrected chi connectivity index (χ3v) is 5.82. The Balaban J connectivity index is 1.98. The Hall–Kier alpha value is -0.910. The molecule has 1 aromatic carbocycles. The van der Waals surface area contributed by atoms with Crippen LogP contribution >= 0.6 is 0 Å². The van der Waals surface area contributed by atoms with Gasteiger partial charge in [0.25, 0.3) is 0 Å². The van der Waals surface area contributed by atoms with Crippen molar-refractivity contribution in [3.05, 3.63) is 29.8 Å². The fraction of sp³-hybridized carbons (Fsp3) is 0.625. The minimum atomic E-state index is -3.42. The van der Waals surface area contributed by atoms with Crippen molar-refractivity contribution in [3.8, 4) is 0 Å². The van der Waals surface area contributed by atoms with E-state index in [-0.39, 0.29) is 6.04 Å². The van der Waals surface area contributed by atoms with Crippen LogP contribution in [0.3, 0.4) is 0 Å². The molecule has 118 valence electrons. The quantitative estimate of drug-likeness (QED) is 0.776. The Morgan fingerprint density at radius 3 is 2.33 bits per heavy atom. The van der Waals surface area contributed by atoms with Gasteiger partial charge in [0.1, 0.15) is 0 Å². The second kappa shape index (κ2) is 6.90. The molecule has 4 nitrogen and oxygen atoms in total. The zero-order chi connectivity index (χ0) is 15.5. The topological polar surface area (TPSA) is 58.2 Å². The van der Waals surface area contributed by atoms with E-state index in [4.69, 9.17) is 0 Å². The van der Waals surface area contributed by atoms with Crippen LogP contribution in [0.25, 0.3) is 0 Å². The molecule has 0 spiro atoms. The fourth-order valence-corrected chi connectivity index (χ4v) is 3.47. The van der Waals surface area contributed by atoms with E-state index in [1.807, 2.05) is 19.1 Å². The fourth-order valence-electron chi connectivity index (χ4n) is 2.12. The maximum atomic E-state index is 12.3. The summed E-state index contributed by atoms with van der Waals surface area (Å²) in [4.78, 5) is 0.341. The van der Waals surface area contributed by atoms with Crippen LogP contribution in [0, 0.1) is 5.92 Å². The molecule has 1 aliphatic rings. The molecule has 0 aromatic heterocycles. The Morgan fingerprint density at radius 1 is 1.19 bits per heavy atom. The van der Waals surface area contributed by atoms with Gasteiger partial charge < -0.3 is 5.32 Å². The third kappa shape index (κ3) is 4.80. The lowest BCUT2D eigenvalue weighted by Crippen LogP contribution is -2.36. The molecule has 2 unspecified atom stereocenters. The Kier molecular flexibility index (Phi) is 5.41. The molecule has 5 heteroatoms. The summed E-state index contributed by atoms with van der Waals surface area (Å²) in [7, 11) is -3.42. The second-order valence-corrected chi connectivity index (χ2v) is 7.81. The molecule has 0 radical (unpaired) electrons. The summed E-state index contributed by atoms with van der Waals surface area (Å²) in [6, 6.07) is 7.75. The van der Waals surface area contributed by atoms with Crippen molar-refractivity contribution in [1.29, 1.82) is 0 Å². The predicted molar refractivity (Wildman–Crippen MR) is 85.5 cm³/mol. The van der Waals surface area contributed by atoms with E-state index in [2.05, 4.69) is 23.9 Å². The van der Waals surface area contributed by atoms with Crippen LogP contribution in [-0.2, 0) is 16.6 Å². The molecular formula is C16H26N2O2S. The first-order valence-corrected chi connectivity index (χ1v) is 9.25. The monoisotopic (exact) mass is 310 g/mol. The standard InChI is InChI=1S/C16H26N2O2S/c1-4-12(2)13(3)18-21(19,20)16-9-5-14(6-10-16)11-17-15-7-8-15/h5-6,9-10,12-13,15,17-18H,4,7-8,11H2,1-3H3. The first-order chi connectivity index (χ1) is 9.92. The zero-order valence-electron chi connectivity index (χ0n) is 13.1. The molecule has 2 rings (SSSR count). The van der Waals surface area contributed by atoms with Crippen molar-refractivity contribution in [2.45, 2.75) is 63.6 Å². The highest BCUT2D eigenvalue weighted by molar-refractivity contribution is 7.89. The van der Waals surface area contributed by atoms with Gasteiger partial charge in [0.15, 0.2) is 0 Å². The summed E-state index contributed by atoms with van der Waals surface area (Å²) in [6.45, 7) is 6.85. The molecule has 21 heavy (non-hydrogen) atoms. The molecule has 0 aliphatic heterocycles. The van der Waals surface area contributed by atoms with Gasteiger partial charge in [0, 0.05) is 18.6 Å². The lowest BCUT2D eigenvalue weighted by molar-refractivity contribution is 0.434. The van der Waals surface area contributed by atoms with E-state index in [1.165, 1.54) is 12.8 Å². The summed E-state index contributed by atoms with van der Waals surface area (Å²) in [6.07, 6.45) is 3.46. The molecule has 2 atom stereocenters. The first kappa shape index (κ1) is 16.5. The Bertz CT molecular complexity index is 550. The number of nitrogens with one attached hydrogen (secondary N) is 2. The van der Waals surface area contributed by atoms with E-state index in [9.17, 15) is 8.42 Å². The number of hydrogen-bond acceptors (Lipinski definition) is 3. The largest absolute Gasteiger partial charge is 0.310 e. The van der Waals surface area contributed by atoms with Crippen molar-refractivity contribution in [3.63, 3.8) is 0 Å². The van der Waals surface area contributed by atoms with Gasteiger partial charge in [-0.2, -0.15) is 0 Å². The minimum Gasteiger partial charge on any atom is -0.310 e. The van der Waals surface area contributed by atoms with Gasteiger partial charge in [-0.3, -0.25) is 0 Å². The molecule has 1 fully saturated rings. The summed E-state index contributed by atoms with van der Waals surface area (Å²) in [5.74, 6) is 0.321. The first-order valence-electron chi connectivity index (χ1n) is 7.77. The third-order valence-electron chi connectivity index (χ3n) is 4.24. The molecule has 0 heterocycles. The molecule has 1 aliphatic carbocycles. The van der Waals surface area contributed by atoms with Gasteiger partial charge in [-0.05, 0) is 43.4 Å². The van der Waals surface area contributed by atoms with Crippen molar-refractivity contribution < 1.29 is 8.42 Å². The maximum Gasteiger partial charge on any atom is 0.240 e. The van der Waals surface area contributed by atoms with Crippen molar-refractivity contribution >= 4 is 10.0 Å². The molecule has 1 saturated carbocycles. The molecule has 1 aromatic rings. The average Bonchev–Trinajstić information content (AvgIpc) is 3.28. The summed E-state index contributed by atoms with van der Waals surface area (Å²) in [5, 5.41) is 3.42.